The molecule has 0 radical (unpaired) electrons. The SMILES string of the molecule is [SiH3]C1C=CCO1. The topological polar surface area (TPSA) is 9.23 Å². The van der Waals surface area contributed by atoms with Crippen molar-refractivity contribution in [1.82, 2.24) is 0 Å². The predicted octanol–water partition coefficient (Wildman–Crippen LogP) is -0.736. The highest BCUT2D eigenvalue weighted by molar-refractivity contribution is 6.12. The summed E-state index contributed by atoms with van der Waals surface area (Å²) in [6.07, 6.45) is 4.18. The van der Waals surface area contributed by atoms with Gasteiger partial charge in [-0.1, -0.05) is 12.2 Å². The maximum absolute atomic E-state index is 5.10. The highest BCUT2D eigenvalue weighted by atomic mass is 28.1. The van der Waals surface area contributed by atoms with Crippen molar-refractivity contribution in [3.05, 3.63) is 12.2 Å². The summed E-state index contributed by atoms with van der Waals surface area (Å²) in [5.41, 5.74) is 0.505. The summed E-state index contributed by atoms with van der Waals surface area (Å²) in [5.74, 6) is 0. The van der Waals surface area contributed by atoms with Gasteiger partial charge in [-0.15, -0.1) is 0 Å². The van der Waals surface area contributed by atoms with Crippen molar-refractivity contribution in [3.8, 4) is 0 Å². The molecule has 1 heterocycles. The minimum absolute atomic E-state index is 0.505. The Balaban J connectivity index is 2.38. The van der Waals surface area contributed by atoms with Crippen molar-refractivity contribution in [3.63, 3.8) is 0 Å². The van der Waals surface area contributed by atoms with Gasteiger partial charge in [0, 0.05) is 10.2 Å². The zero-order chi connectivity index (χ0) is 4.41. The Bertz CT molecular complexity index is 69.9. The van der Waals surface area contributed by atoms with E-state index in [-0.39, 0.29) is 0 Å². The molecule has 0 aromatic heterocycles. The fourth-order valence-corrected chi connectivity index (χ4v) is 0.975. The van der Waals surface area contributed by atoms with Gasteiger partial charge in [-0.3, -0.25) is 0 Å². The van der Waals surface area contributed by atoms with Crippen molar-refractivity contribution in [2.45, 2.75) is 5.73 Å². The normalized spacial score (nSPS) is 32.3. The third kappa shape index (κ3) is 0.697. The standard InChI is InChI=1S/C4H8OSi/c6-4-2-1-3-5-4/h1-2,4H,3H2,6H3. The third-order valence-electron chi connectivity index (χ3n) is 0.862. The van der Waals surface area contributed by atoms with E-state index in [1.54, 1.807) is 0 Å². The average Bonchev–Trinajstić information content (AvgIpc) is 1.86. The molecule has 1 rings (SSSR count). The lowest BCUT2D eigenvalue weighted by Gasteiger charge is -1.93. The van der Waals surface area contributed by atoms with Gasteiger partial charge in [0.1, 0.15) is 0 Å². The molecule has 1 atom stereocenters. The van der Waals surface area contributed by atoms with Crippen molar-refractivity contribution in [2.75, 3.05) is 6.61 Å². The molecule has 1 aliphatic rings. The smallest absolute Gasteiger partial charge is 0.0651 e. The minimum atomic E-state index is 0.505. The monoisotopic (exact) mass is 100 g/mol. The molecule has 0 aliphatic carbocycles. The van der Waals surface area contributed by atoms with E-state index in [4.69, 9.17) is 4.74 Å². The van der Waals surface area contributed by atoms with Crippen LogP contribution < -0.4 is 0 Å². The Morgan fingerprint density at radius 2 is 2.67 bits per heavy atom. The van der Waals surface area contributed by atoms with Crippen LogP contribution in [0.5, 0.6) is 0 Å². The number of ether oxygens (including phenoxy) is 1. The van der Waals surface area contributed by atoms with Gasteiger partial charge in [0.15, 0.2) is 0 Å². The van der Waals surface area contributed by atoms with Crippen LogP contribution in [-0.4, -0.2) is 22.6 Å². The van der Waals surface area contributed by atoms with Crippen LogP contribution in [0.15, 0.2) is 12.2 Å². The Morgan fingerprint density at radius 1 is 1.83 bits per heavy atom. The summed E-state index contributed by atoms with van der Waals surface area (Å²) in [7, 11) is 1.14. The molecule has 0 amide bonds. The molecule has 0 aromatic rings. The summed E-state index contributed by atoms with van der Waals surface area (Å²) in [6, 6.07) is 0. The lowest BCUT2D eigenvalue weighted by molar-refractivity contribution is 0.183. The lowest BCUT2D eigenvalue weighted by Crippen LogP contribution is -2.01. The molecule has 1 aliphatic heterocycles. The quantitative estimate of drug-likeness (QED) is 0.288. The molecule has 0 saturated heterocycles. The van der Waals surface area contributed by atoms with Crippen LogP contribution in [0.1, 0.15) is 0 Å². The summed E-state index contributed by atoms with van der Waals surface area (Å²) < 4.78 is 5.10. The summed E-state index contributed by atoms with van der Waals surface area (Å²) in [4.78, 5) is 0. The molecule has 6 heavy (non-hydrogen) atoms. The van der Waals surface area contributed by atoms with Crippen molar-refractivity contribution < 1.29 is 4.74 Å². The fraction of sp³-hybridized carbons (Fsp3) is 0.500. The lowest BCUT2D eigenvalue weighted by atomic mass is 10.6. The van der Waals surface area contributed by atoms with E-state index in [2.05, 4.69) is 12.2 Å². The van der Waals surface area contributed by atoms with Crippen LogP contribution in [0.2, 0.25) is 0 Å². The van der Waals surface area contributed by atoms with Crippen LogP contribution in [0.4, 0.5) is 0 Å². The largest absolute Gasteiger partial charge is 0.375 e. The molecule has 0 saturated carbocycles. The summed E-state index contributed by atoms with van der Waals surface area (Å²) >= 11 is 0. The van der Waals surface area contributed by atoms with Crippen LogP contribution in [0.25, 0.3) is 0 Å². The van der Waals surface area contributed by atoms with Gasteiger partial charge in [-0.05, 0) is 0 Å². The summed E-state index contributed by atoms with van der Waals surface area (Å²) in [6.45, 7) is 0.841. The predicted molar refractivity (Wildman–Crippen MR) is 28.8 cm³/mol. The van der Waals surface area contributed by atoms with E-state index in [0.29, 0.717) is 5.73 Å². The second-order valence-corrected chi connectivity index (χ2v) is 2.60. The fourth-order valence-electron chi connectivity index (χ4n) is 0.510. The first-order chi connectivity index (χ1) is 2.89. The maximum atomic E-state index is 5.10. The second kappa shape index (κ2) is 1.58. The first-order valence-corrected chi connectivity index (χ1v) is 3.33. The van der Waals surface area contributed by atoms with Crippen molar-refractivity contribution in [1.29, 1.82) is 0 Å². The average molecular weight is 100 g/mol. The molecule has 0 N–H and O–H groups in total. The molecule has 0 spiro atoms. The van der Waals surface area contributed by atoms with E-state index >= 15 is 0 Å². The minimum Gasteiger partial charge on any atom is -0.375 e. The summed E-state index contributed by atoms with van der Waals surface area (Å²) in [5, 5.41) is 0. The molecular formula is C4H8OSi. The Kier molecular flexibility index (Phi) is 1.07. The van der Waals surface area contributed by atoms with Gasteiger partial charge < -0.3 is 4.74 Å². The van der Waals surface area contributed by atoms with Gasteiger partial charge in [0.2, 0.25) is 0 Å². The van der Waals surface area contributed by atoms with Crippen LogP contribution in [0, 0.1) is 0 Å². The van der Waals surface area contributed by atoms with Gasteiger partial charge >= 0.3 is 0 Å². The Morgan fingerprint density at radius 3 is 2.83 bits per heavy atom. The van der Waals surface area contributed by atoms with Gasteiger partial charge in [-0.25, -0.2) is 0 Å². The zero-order valence-electron chi connectivity index (χ0n) is 3.85. The van der Waals surface area contributed by atoms with E-state index in [9.17, 15) is 0 Å². The van der Waals surface area contributed by atoms with Gasteiger partial charge in [0.05, 0.1) is 12.3 Å². The van der Waals surface area contributed by atoms with Gasteiger partial charge in [0.25, 0.3) is 0 Å². The first-order valence-electron chi connectivity index (χ1n) is 2.18. The first kappa shape index (κ1) is 4.09. The van der Waals surface area contributed by atoms with Crippen LogP contribution in [-0.2, 0) is 4.74 Å². The molecular weight excluding hydrogens is 92.1 g/mol. The highest BCUT2D eigenvalue weighted by Gasteiger charge is 1.98. The van der Waals surface area contributed by atoms with Crippen LogP contribution in [0.3, 0.4) is 0 Å². The van der Waals surface area contributed by atoms with E-state index in [0.717, 1.165) is 16.8 Å². The number of hydrogen-bond donors (Lipinski definition) is 0. The second-order valence-electron chi connectivity index (χ2n) is 1.47. The molecule has 0 fully saturated rings. The van der Waals surface area contributed by atoms with Gasteiger partial charge in [-0.2, -0.15) is 0 Å². The Hall–Kier alpha value is -0.0831. The molecule has 0 bridgehead atoms. The number of rotatable bonds is 0. The molecule has 0 aromatic carbocycles. The number of hydrogen-bond acceptors (Lipinski definition) is 1. The molecule has 1 nitrogen and oxygen atoms in total. The zero-order valence-corrected chi connectivity index (χ0v) is 5.85. The molecule has 2 heteroatoms. The van der Waals surface area contributed by atoms with E-state index < -0.39 is 0 Å². The third-order valence-corrected chi connectivity index (χ3v) is 1.58. The van der Waals surface area contributed by atoms with Crippen molar-refractivity contribution >= 4 is 10.2 Å². The molecule has 1 unspecified atom stereocenters. The van der Waals surface area contributed by atoms with Crippen molar-refractivity contribution in [2.24, 2.45) is 0 Å². The van der Waals surface area contributed by atoms with Crippen LogP contribution >= 0.6 is 0 Å². The Labute approximate surface area is 40.4 Å². The van der Waals surface area contributed by atoms with E-state index in [1.165, 1.54) is 0 Å². The maximum Gasteiger partial charge on any atom is 0.0651 e. The highest BCUT2D eigenvalue weighted by Crippen LogP contribution is 1.95. The molecule has 34 valence electrons. The van der Waals surface area contributed by atoms with E-state index in [1.807, 2.05) is 0 Å².